The second-order valence-corrected chi connectivity index (χ2v) is 5.54. The molecule has 1 N–H and O–H groups in total. The van der Waals surface area contributed by atoms with Crippen LogP contribution in [-0.4, -0.2) is 31.7 Å². The quantitative estimate of drug-likeness (QED) is 0.843. The smallest absolute Gasteiger partial charge is 0.350 e. The molecule has 0 radical (unpaired) electrons. The molecule has 1 fully saturated rings. The van der Waals surface area contributed by atoms with E-state index in [-0.39, 0.29) is 11.5 Å². The first-order valence-electron chi connectivity index (χ1n) is 6.11. The summed E-state index contributed by atoms with van der Waals surface area (Å²) < 4.78 is 10.1. The second-order valence-electron chi connectivity index (χ2n) is 4.62. The third kappa shape index (κ3) is 2.96. The maximum absolute atomic E-state index is 12.0. The Hall–Kier alpha value is -1.40. The van der Waals surface area contributed by atoms with Gasteiger partial charge in [0.05, 0.1) is 24.8 Å². The summed E-state index contributed by atoms with van der Waals surface area (Å²) in [6.45, 7) is 0. The van der Waals surface area contributed by atoms with E-state index in [9.17, 15) is 9.59 Å². The maximum atomic E-state index is 12.0. The van der Waals surface area contributed by atoms with Crippen LogP contribution in [0.15, 0.2) is 11.4 Å². The van der Waals surface area contributed by atoms with Gasteiger partial charge < -0.3 is 14.8 Å². The van der Waals surface area contributed by atoms with Crippen LogP contribution in [0.1, 0.15) is 35.4 Å². The summed E-state index contributed by atoms with van der Waals surface area (Å²) in [7, 11) is 2.96. The lowest BCUT2D eigenvalue weighted by atomic mass is 9.77. The van der Waals surface area contributed by atoms with Crippen molar-refractivity contribution >= 4 is 28.9 Å². The number of amides is 1. The number of carbonyl (C=O) groups is 2. The summed E-state index contributed by atoms with van der Waals surface area (Å²) >= 11 is 1.25. The van der Waals surface area contributed by atoms with E-state index in [2.05, 4.69) is 10.1 Å². The van der Waals surface area contributed by atoms with Crippen molar-refractivity contribution < 1.29 is 19.1 Å². The summed E-state index contributed by atoms with van der Waals surface area (Å²) in [6, 6.07) is 1.70. The number of nitrogens with one attached hydrogen (secondary N) is 1. The van der Waals surface area contributed by atoms with Crippen LogP contribution in [0, 0.1) is 0 Å². The van der Waals surface area contributed by atoms with Gasteiger partial charge in [0.2, 0.25) is 5.91 Å². The van der Waals surface area contributed by atoms with E-state index in [1.54, 1.807) is 18.6 Å². The fourth-order valence-corrected chi connectivity index (χ4v) is 2.94. The Labute approximate surface area is 115 Å². The number of esters is 1. The predicted molar refractivity (Wildman–Crippen MR) is 72.5 cm³/mol. The highest BCUT2D eigenvalue weighted by Crippen LogP contribution is 2.38. The number of ether oxygens (including phenoxy) is 2. The lowest BCUT2D eigenvalue weighted by molar-refractivity contribution is -0.129. The average Bonchev–Trinajstić information content (AvgIpc) is 2.81. The topological polar surface area (TPSA) is 64.6 Å². The number of anilines is 1. The highest BCUT2D eigenvalue weighted by molar-refractivity contribution is 7.12. The highest BCUT2D eigenvalue weighted by atomic mass is 32.1. The van der Waals surface area contributed by atoms with Crippen LogP contribution in [0.25, 0.3) is 0 Å². The molecule has 104 valence electrons. The van der Waals surface area contributed by atoms with E-state index in [1.165, 1.54) is 18.4 Å². The zero-order chi connectivity index (χ0) is 13.9. The molecule has 0 unspecified atom stereocenters. The molecule has 0 saturated heterocycles. The molecule has 1 saturated carbocycles. The van der Waals surface area contributed by atoms with Gasteiger partial charge in [-0.15, -0.1) is 11.3 Å². The van der Waals surface area contributed by atoms with Gasteiger partial charge in [-0.3, -0.25) is 4.79 Å². The summed E-state index contributed by atoms with van der Waals surface area (Å²) in [5.41, 5.74) is 0.193. The molecule has 1 aliphatic carbocycles. The van der Waals surface area contributed by atoms with Gasteiger partial charge in [0.25, 0.3) is 0 Å². The largest absolute Gasteiger partial charge is 0.465 e. The molecule has 1 aromatic heterocycles. The average molecular weight is 283 g/mol. The van der Waals surface area contributed by atoms with Gasteiger partial charge in [-0.2, -0.15) is 0 Å². The minimum Gasteiger partial charge on any atom is -0.465 e. The van der Waals surface area contributed by atoms with Crippen LogP contribution in [0.5, 0.6) is 0 Å². The van der Waals surface area contributed by atoms with Crippen molar-refractivity contribution in [3.63, 3.8) is 0 Å². The van der Waals surface area contributed by atoms with E-state index in [0.29, 0.717) is 17.0 Å². The van der Waals surface area contributed by atoms with E-state index < -0.39 is 5.97 Å². The predicted octanol–water partition coefficient (Wildman–Crippen LogP) is 2.43. The minimum absolute atomic E-state index is 0.134. The van der Waals surface area contributed by atoms with Crippen molar-refractivity contribution in [3.05, 3.63) is 16.3 Å². The number of thiophene rings is 1. The first-order chi connectivity index (χ1) is 9.10. The van der Waals surface area contributed by atoms with Crippen LogP contribution in [0.2, 0.25) is 0 Å². The standard InChI is InChI=1S/C13H17NO4S/c1-17-12(16)11-9(4-7-19-11)14-10(15)8-13(18-2)5-3-6-13/h4,7H,3,5-6,8H2,1-2H3,(H,14,15). The highest BCUT2D eigenvalue weighted by Gasteiger charge is 2.39. The molecule has 2 rings (SSSR count). The van der Waals surface area contributed by atoms with E-state index >= 15 is 0 Å². The molecule has 0 spiro atoms. The van der Waals surface area contributed by atoms with Crippen LogP contribution < -0.4 is 5.32 Å². The minimum atomic E-state index is -0.435. The maximum Gasteiger partial charge on any atom is 0.350 e. The third-order valence-electron chi connectivity index (χ3n) is 3.49. The molecular weight excluding hydrogens is 266 g/mol. The van der Waals surface area contributed by atoms with Gasteiger partial charge in [0.15, 0.2) is 0 Å². The first kappa shape index (κ1) is 14.0. The Morgan fingerprint density at radius 1 is 1.42 bits per heavy atom. The number of rotatable bonds is 5. The van der Waals surface area contributed by atoms with Crippen molar-refractivity contribution in [1.29, 1.82) is 0 Å². The van der Waals surface area contributed by atoms with E-state index in [0.717, 1.165) is 19.3 Å². The van der Waals surface area contributed by atoms with Gasteiger partial charge in [0, 0.05) is 7.11 Å². The Balaban J connectivity index is 1.99. The molecule has 5 nitrogen and oxygen atoms in total. The van der Waals surface area contributed by atoms with Crippen molar-refractivity contribution in [1.82, 2.24) is 0 Å². The zero-order valence-corrected chi connectivity index (χ0v) is 11.8. The van der Waals surface area contributed by atoms with E-state index in [4.69, 9.17) is 4.74 Å². The summed E-state index contributed by atoms with van der Waals surface area (Å²) in [5.74, 6) is -0.569. The molecule has 1 aliphatic rings. The lowest BCUT2D eigenvalue weighted by Crippen LogP contribution is -2.42. The van der Waals surface area contributed by atoms with Crippen LogP contribution >= 0.6 is 11.3 Å². The van der Waals surface area contributed by atoms with Crippen LogP contribution in [0.4, 0.5) is 5.69 Å². The normalized spacial score (nSPS) is 16.5. The fraction of sp³-hybridized carbons (Fsp3) is 0.538. The number of methoxy groups -OCH3 is 2. The molecule has 19 heavy (non-hydrogen) atoms. The van der Waals surface area contributed by atoms with E-state index in [1.807, 2.05) is 0 Å². The molecule has 1 amide bonds. The second kappa shape index (κ2) is 5.71. The Morgan fingerprint density at radius 2 is 2.16 bits per heavy atom. The molecule has 0 bridgehead atoms. The Morgan fingerprint density at radius 3 is 2.68 bits per heavy atom. The summed E-state index contributed by atoms with van der Waals surface area (Å²) in [6.07, 6.45) is 3.22. The molecule has 6 heteroatoms. The molecular formula is C13H17NO4S. The van der Waals surface area contributed by atoms with Gasteiger partial charge in [0.1, 0.15) is 4.88 Å². The number of hydrogen-bond acceptors (Lipinski definition) is 5. The number of carbonyl (C=O) groups excluding carboxylic acids is 2. The van der Waals surface area contributed by atoms with Gasteiger partial charge in [-0.1, -0.05) is 0 Å². The fourth-order valence-electron chi connectivity index (χ4n) is 2.17. The molecule has 0 atom stereocenters. The molecule has 0 aromatic carbocycles. The van der Waals surface area contributed by atoms with Gasteiger partial charge in [-0.05, 0) is 30.7 Å². The molecule has 1 aromatic rings. The van der Waals surface area contributed by atoms with Gasteiger partial charge >= 0.3 is 5.97 Å². The van der Waals surface area contributed by atoms with Crippen molar-refractivity contribution in [2.45, 2.75) is 31.3 Å². The third-order valence-corrected chi connectivity index (χ3v) is 4.39. The van der Waals surface area contributed by atoms with Gasteiger partial charge in [-0.25, -0.2) is 4.79 Å². The Kier molecular flexibility index (Phi) is 4.21. The first-order valence-corrected chi connectivity index (χ1v) is 6.99. The molecule has 1 heterocycles. The monoisotopic (exact) mass is 283 g/mol. The molecule has 0 aliphatic heterocycles. The number of hydrogen-bond donors (Lipinski definition) is 1. The summed E-state index contributed by atoms with van der Waals surface area (Å²) in [5, 5.41) is 4.50. The Bertz CT molecular complexity index is 473. The zero-order valence-electron chi connectivity index (χ0n) is 11.0. The van der Waals surface area contributed by atoms with Crippen LogP contribution in [0.3, 0.4) is 0 Å². The van der Waals surface area contributed by atoms with Crippen molar-refractivity contribution in [2.75, 3.05) is 19.5 Å². The summed E-state index contributed by atoms with van der Waals surface area (Å²) in [4.78, 5) is 23.9. The lowest BCUT2D eigenvalue weighted by Gasteiger charge is -2.39. The van der Waals surface area contributed by atoms with Crippen molar-refractivity contribution in [3.8, 4) is 0 Å². The van der Waals surface area contributed by atoms with Crippen molar-refractivity contribution in [2.24, 2.45) is 0 Å². The SMILES string of the molecule is COC(=O)c1sccc1NC(=O)CC1(OC)CCC1. The van der Waals surface area contributed by atoms with Crippen LogP contribution in [-0.2, 0) is 14.3 Å².